The van der Waals surface area contributed by atoms with Crippen molar-refractivity contribution in [2.45, 2.75) is 6.42 Å². The molecule has 0 aromatic rings. The molecule has 0 aliphatic carbocycles. The van der Waals surface area contributed by atoms with Gasteiger partial charge >= 0.3 is 11.9 Å². The predicted octanol–water partition coefficient (Wildman–Crippen LogP) is -0.408. The summed E-state index contributed by atoms with van der Waals surface area (Å²) >= 11 is 5.06. The lowest BCUT2D eigenvalue weighted by Gasteiger charge is -2.11. The summed E-state index contributed by atoms with van der Waals surface area (Å²) in [5.74, 6) is -1.28. The van der Waals surface area contributed by atoms with Gasteiger partial charge in [-0.15, -0.1) is 4.94 Å². The maximum absolute atomic E-state index is 10.6. The second-order valence-corrected chi connectivity index (χ2v) is 2.05. The molecule has 0 aromatic heterocycles. The zero-order valence-electron chi connectivity index (χ0n) is 5.39. The quantitative estimate of drug-likeness (QED) is 0.259. The van der Waals surface area contributed by atoms with Gasteiger partial charge in [0.25, 0.3) is 0 Å². The van der Waals surface area contributed by atoms with Crippen molar-refractivity contribution in [1.82, 2.24) is 10.4 Å². The Labute approximate surface area is 67.4 Å². The number of rotatable bonds is 2. The fraction of sp³-hybridized carbons (Fsp3) is 0.200. The van der Waals surface area contributed by atoms with Crippen LogP contribution in [0, 0.1) is 0 Å². The average molecular weight is 177 g/mol. The monoisotopic (exact) mass is 176 g/mol. The molecular formula is C5H5ClN2O3. The zero-order valence-corrected chi connectivity index (χ0v) is 6.14. The maximum atomic E-state index is 10.6. The molecule has 0 radical (unpaired) electrons. The third-order valence-electron chi connectivity index (χ3n) is 1.05. The molecule has 0 unspecified atom stereocenters. The summed E-state index contributed by atoms with van der Waals surface area (Å²) in [6.07, 6.45) is 1.17. The Morgan fingerprint density at radius 3 is 2.82 bits per heavy atom. The summed E-state index contributed by atoms with van der Waals surface area (Å²) in [4.78, 5) is 23.2. The molecule has 0 fully saturated rings. The van der Waals surface area contributed by atoms with Gasteiger partial charge in [-0.25, -0.2) is 4.79 Å². The first-order valence-electron chi connectivity index (χ1n) is 2.79. The minimum Gasteiger partial charge on any atom is -0.390 e. The van der Waals surface area contributed by atoms with E-state index in [9.17, 15) is 9.59 Å². The summed E-state index contributed by atoms with van der Waals surface area (Å²) in [6.45, 7) is 0. The minimum atomic E-state index is -0.685. The van der Waals surface area contributed by atoms with Crippen LogP contribution in [0.1, 0.15) is 6.42 Å². The van der Waals surface area contributed by atoms with Crippen molar-refractivity contribution in [2.24, 2.45) is 0 Å². The molecule has 1 aliphatic heterocycles. The molecule has 1 rings (SSSR count). The van der Waals surface area contributed by atoms with Crippen LogP contribution >= 0.6 is 11.8 Å². The van der Waals surface area contributed by atoms with Crippen LogP contribution in [0.15, 0.2) is 11.8 Å². The van der Waals surface area contributed by atoms with E-state index in [0.29, 0.717) is 5.70 Å². The van der Waals surface area contributed by atoms with E-state index in [1.807, 2.05) is 0 Å². The van der Waals surface area contributed by atoms with Crippen LogP contribution in [0.3, 0.4) is 0 Å². The van der Waals surface area contributed by atoms with Crippen LogP contribution in [-0.2, 0) is 14.3 Å². The zero-order chi connectivity index (χ0) is 8.27. The van der Waals surface area contributed by atoms with E-state index in [1.165, 1.54) is 0 Å². The SMILES string of the molecule is O=C1C=C(NNCl)CC(=O)O1. The fourth-order valence-corrected chi connectivity index (χ4v) is 0.789. The number of ether oxygens (including phenoxy) is 1. The van der Waals surface area contributed by atoms with Gasteiger partial charge in [-0.05, 0) is 11.8 Å². The van der Waals surface area contributed by atoms with Crippen molar-refractivity contribution in [3.8, 4) is 0 Å². The van der Waals surface area contributed by atoms with Crippen molar-refractivity contribution in [2.75, 3.05) is 0 Å². The average Bonchev–Trinajstić information content (AvgIpc) is 1.85. The second-order valence-electron chi connectivity index (χ2n) is 1.86. The van der Waals surface area contributed by atoms with E-state index in [-0.39, 0.29) is 6.42 Å². The normalized spacial score (nSPS) is 17.4. The van der Waals surface area contributed by atoms with Crippen LogP contribution in [0.5, 0.6) is 0 Å². The Hall–Kier alpha value is -1.07. The fourth-order valence-electron chi connectivity index (χ4n) is 0.667. The first-order chi connectivity index (χ1) is 5.22. The molecule has 2 N–H and O–H groups in total. The molecule has 60 valence electrons. The number of hydrogen-bond acceptors (Lipinski definition) is 5. The van der Waals surface area contributed by atoms with Crippen LogP contribution in [0.2, 0.25) is 0 Å². The van der Waals surface area contributed by atoms with Crippen LogP contribution in [-0.4, -0.2) is 11.9 Å². The third kappa shape index (κ3) is 2.21. The first-order valence-corrected chi connectivity index (χ1v) is 3.17. The Kier molecular flexibility index (Phi) is 2.45. The van der Waals surface area contributed by atoms with Gasteiger partial charge in [0, 0.05) is 11.8 Å². The highest BCUT2D eigenvalue weighted by molar-refractivity contribution is 6.13. The van der Waals surface area contributed by atoms with Gasteiger partial charge in [-0.1, -0.05) is 0 Å². The number of halogens is 1. The van der Waals surface area contributed by atoms with Gasteiger partial charge in [0.15, 0.2) is 0 Å². The molecule has 0 atom stereocenters. The minimum absolute atomic E-state index is 0.0193. The molecule has 5 nitrogen and oxygen atoms in total. The highest BCUT2D eigenvalue weighted by Crippen LogP contribution is 2.05. The molecule has 0 aromatic carbocycles. The van der Waals surface area contributed by atoms with E-state index >= 15 is 0 Å². The Morgan fingerprint density at radius 1 is 1.55 bits per heavy atom. The summed E-state index contributed by atoms with van der Waals surface area (Å²) < 4.78 is 4.20. The van der Waals surface area contributed by atoms with Gasteiger partial charge < -0.3 is 10.2 Å². The molecule has 6 heteroatoms. The standard InChI is InChI=1S/C5H5ClN2O3/c6-8-7-3-1-4(9)11-5(10)2-3/h1,7-8H,2H2. The van der Waals surface area contributed by atoms with Crippen molar-refractivity contribution < 1.29 is 14.3 Å². The molecule has 0 amide bonds. The van der Waals surface area contributed by atoms with E-state index in [4.69, 9.17) is 11.8 Å². The lowest BCUT2D eigenvalue weighted by Crippen LogP contribution is -2.29. The summed E-state index contributed by atoms with van der Waals surface area (Å²) in [7, 11) is 0. The maximum Gasteiger partial charge on any atom is 0.340 e. The number of nitrogens with one attached hydrogen (secondary N) is 2. The lowest BCUT2D eigenvalue weighted by molar-refractivity contribution is -0.156. The second kappa shape index (κ2) is 3.36. The van der Waals surface area contributed by atoms with Crippen molar-refractivity contribution in [1.29, 1.82) is 0 Å². The highest BCUT2D eigenvalue weighted by atomic mass is 35.5. The Balaban J connectivity index is 2.64. The molecular weight excluding hydrogens is 172 g/mol. The molecule has 0 saturated carbocycles. The summed E-state index contributed by atoms with van der Waals surface area (Å²) in [5, 5.41) is 0. The van der Waals surface area contributed by atoms with E-state index < -0.39 is 11.9 Å². The largest absolute Gasteiger partial charge is 0.390 e. The summed E-state index contributed by atoms with van der Waals surface area (Å²) in [6, 6.07) is 0. The van der Waals surface area contributed by atoms with Crippen molar-refractivity contribution in [3.63, 3.8) is 0 Å². The summed E-state index contributed by atoms with van der Waals surface area (Å²) in [5.41, 5.74) is 2.79. The Morgan fingerprint density at radius 2 is 2.27 bits per heavy atom. The van der Waals surface area contributed by atoms with E-state index in [2.05, 4.69) is 15.1 Å². The first kappa shape index (κ1) is 8.03. The number of carbonyl (C=O) groups excluding carboxylic acids is 2. The van der Waals surface area contributed by atoms with Gasteiger partial charge in [-0.2, -0.15) is 0 Å². The topological polar surface area (TPSA) is 67.4 Å². The van der Waals surface area contributed by atoms with Gasteiger partial charge in [0.2, 0.25) is 0 Å². The van der Waals surface area contributed by atoms with Crippen LogP contribution in [0.25, 0.3) is 0 Å². The molecule has 0 saturated heterocycles. The molecule has 1 heterocycles. The van der Waals surface area contributed by atoms with Gasteiger partial charge in [0.1, 0.15) is 0 Å². The highest BCUT2D eigenvalue weighted by Gasteiger charge is 2.17. The molecule has 1 aliphatic rings. The number of cyclic esters (lactones) is 2. The lowest BCUT2D eigenvalue weighted by atomic mass is 10.2. The number of hydrazine groups is 1. The van der Waals surface area contributed by atoms with Crippen LogP contribution in [0.4, 0.5) is 0 Å². The third-order valence-corrected chi connectivity index (χ3v) is 1.14. The molecule has 0 spiro atoms. The molecule has 11 heavy (non-hydrogen) atoms. The number of esters is 2. The number of carbonyl (C=O) groups is 2. The van der Waals surface area contributed by atoms with Crippen molar-refractivity contribution >= 4 is 23.7 Å². The van der Waals surface area contributed by atoms with E-state index in [1.54, 1.807) is 0 Å². The van der Waals surface area contributed by atoms with Crippen molar-refractivity contribution in [3.05, 3.63) is 11.8 Å². The smallest absolute Gasteiger partial charge is 0.340 e. The predicted molar refractivity (Wildman–Crippen MR) is 35.9 cm³/mol. The number of hydrogen-bond donors (Lipinski definition) is 2. The van der Waals surface area contributed by atoms with Gasteiger partial charge in [-0.3, -0.25) is 4.79 Å². The molecule has 0 bridgehead atoms. The van der Waals surface area contributed by atoms with Gasteiger partial charge in [0.05, 0.1) is 6.42 Å². The van der Waals surface area contributed by atoms with E-state index in [0.717, 1.165) is 6.08 Å². The van der Waals surface area contributed by atoms with Crippen LogP contribution < -0.4 is 10.4 Å². The Bertz CT molecular complexity index is 226.